The van der Waals surface area contributed by atoms with Crippen molar-refractivity contribution in [2.45, 2.75) is 57.7 Å². The summed E-state index contributed by atoms with van der Waals surface area (Å²) in [5.41, 5.74) is 10.6. The minimum Gasteiger partial charge on any atom is -0.374 e. The van der Waals surface area contributed by atoms with Crippen molar-refractivity contribution in [1.29, 1.82) is 0 Å². The van der Waals surface area contributed by atoms with Crippen molar-refractivity contribution in [3.05, 3.63) is 29.3 Å². The molecule has 2 heterocycles. The molecular formula is C18H29N3. The lowest BCUT2D eigenvalue weighted by molar-refractivity contribution is 0.123. The number of nitrogens with zero attached hydrogens (tertiary/aromatic N) is 2. The molecule has 2 unspecified atom stereocenters. The molecule has 21 heavy (non-hydrogen) atoms. The third kappa shape index (κ3) is 3.24. The van der Waals surface area contributed by atoms with Gasteiger partial charge in [-0.2, -0.15) is 0 Å². The molecule has 0 spiro atoms. The van der Waals surface area contributed by atoms with Crippen molar-refractivity contribution < 1.29 is 0 Å². The highest BCUT2D eigenvalue weighted by molar-refractivity contribution is 5.56. The van der Waals surface area contributed by atoms with Crippen molar-refractivity contribution in [3.63, 3.8) is 0 Å². The molecule has 0 aliphatic carbocycles. The molecule has 3 heteroatoms. The third-order valence-electron chi connectivity index (χ3n) is 5.15. The van der Waals surface area contributed by atoms with Crippen molar-refractivity contribution in [2.75, 3.05) is 25.0 Å². The maximum absolute atomic E-state index is 6.19. The van der Waals surface area contributed by atoms with Gasteiger partial charge in [-0.15, -0.1) is 0 Å². The first-order valence-electron chi connectivity index (χ1n) is 8.48. The molecular weight excluding hydrogens is 258 g/mol. The van der Waals surface area contributed by atoms with Gasteiger partial charge in [0.05, 0.1) is 0 Å². The molecule has 2 N–H and O–H groups in total. The first kappa shape index (κ1) is 14.9. The molecule has 0 amide bonds. The van der Waals surface area contributed by atoms with Crippen LogP contribution in [0.4, 0.5) is 5.69 Å². The van der Waals surface area contributed by atoms with Crippen LogP contribution in [0.1, 0.15) is 43.7 Å². The lowest BCUT2D eigenvalue weighted by Crippen LogP contribution is -2.48. The summed E-state index contributed by atoms with van der Waals surface area (Å²) >= 11 is 0. The Balaban J connectivity index is 1.75. The van der Waals surface area contributed by atoms with E-state index >= 15 is 0 Å². The highest BCUT2D eigenvalue weighted by atomic mass is 15.2. The van der Waals surface area contributed by atoms with E-state index in [-0.39, 0.29) is 6.04 Å². The molecule has 1 saturated heterocycles. The van der Waals surface area contributed by atoms with Crippen LogP contribution in [0.3, 0.4) is 0 Å². The molecule has 3 nitrogen and oxygen atoms in total. The minimum atomic E-state index is 0.272. The molecule has 2 atom stereocenters. The van der Waals surface area contributed by atoms with Crippen LogP contribution in [0.25, 0.3) is 0 Å². The Hall–Kier alpha value is -1.06. The predicted octanol–water partition coefficient (Wildman–Crippen LogP) is 2.77. The van der Waals surface area contributed by atoms with Crippen molar-refractivity contribution in [2.24, 2.45) is 5.73 Å². The summed E-state index contributed by atoms with van der Waals surface area (Å²) in [6.45, 7) is 5.60. The summed E-state index contributed by atoms with van der Waals surface area (Å²) < 4.78 is 0. The van der Waals surface area contributed by atoms with Gasteiger partial charge in [-0.05, 0) is 56.3 Å². The first-order valence-corrected chi connectivity index (χ1v) is 8.48. The summed E-state index contributed by atoms with van der Waals surface area (Å²) in [6.07, 6.45) is 6.41. The van der Waals surface area contributed by atoms with Gasteiger partial charge in [-0.3, -0.25) is 4.90 Å². The van der Waals surface area contributed by atoms with Crippen LogP contribution in [-0.2, 0) is 13.0 Å². The standard InChI is InChI=1S/C18H29N3/c1-14(19)17-7-3-4-11-21(17)13-15-8-9-18-16(12-15)6-5-10-20(18)2/h8-9,12,14,17H,3-7,10-11,13,19H2,1-2H3. The molecule has 0 saturated carbocycles. The normalized spacial score (nSPS) is 24.7. The zero-order valence-electron chi connectivity index (χ0n) is 13.5. The van der Waals surface area contributed by atoms with Gasteiger partial charge < -0.3 is 10.6 Å². The number of nitrogens with two attached hydrogens (primary N) is 1. The average molecular weight is 287 g/mol. The topological polar surface area (TPSA) is 32.5 Å². The van der Waals surface area contributed by atoms with E-state index in [0.29, 0.717) is 6.04 Å². The van der Waals surface area contributed by atoms with Gasteiger partial charge in [-0.1, -0.05) is 18.6 Å². The van der Waals surface area contributed by atoms with Crippen LogP contribution in [0.5, 0.6) is 0 Å². The fourth-order valence-electron chi connectivity index (χ4n) is 3.98. The van der Waals surface area contributed by atoms with Gasteiger partial charge in [0.2, 0.25) is 0 Å². The number of rotatable bonds is 3. The van der Waals surface area contributed by atoms with Crippen LogP contribution in [0.2, 0.25) is 0 Å². The van der Waals surface area contributed by atoms with E-state index < -0.39 is 0 Å². The summed E-state index contributed by atoms with van der Waals surface area (Å²) in [6, 6.07) is 7.88. The highest BCUT2D eigenvalue weighted by Crippen LogP contribution is 2.28. The zero-order chi connectivity index (χ0) is 14.8. The van der Waals surface area contributed by atoms with Crippen LogP contribution in [0.15, 0.2) is 18.2 Å². The Labute approximate surface area is 129 Å². The van der Waals surface area contributed by atoms with E-state index in [9.17, 15) is 0 Å². The minimum absolute atomic E-state index is 0.272. The number of fused-ring (bicyclic) bond motifs is 1. The van der Waals surface area contributed by atoms with Crippen LogP contribution in [-0.4, -0.2) is 37.1 Å². The molecule has 0 aromatic heterocycles. The second-order valence-electron chi connectivity index (χ2n) is 6.88. The molecule has 0 radical (unpaired) electrons. The maximum atomic E-state index is 6.19. The van der Waals surface area contributed by atoms with Crippen molar-refractivity contribution in [3.8, 4) is 0 Å². The summed E-state index contributed by atoms with van der Waals surface area (Å²) in [5.74, 6) is 0. The van der Waals surface area contributed by atoms with Gasteiger partial charge >= 0.3 is 0 Å². The van der Waals surface area contributed by atoms with Gasteiger partial charge in [-0.25, -0.2) is 0 Å². The van der Waals surface area contributed by atoms with Crippen molar-refractivity contribution >= 4 is 5.69 Å². The quantitative estimate of drug-likeness (QED) is 0.928. The second-order valence-corrected chi connectivity index (χ2v) is 6.88. The fourth-order valence-corrected chi connectivity index (χ4v) is 3.98. The van der Waals surface area contributed by atoms with E-state index in [1.165, 1.54) is 62.0 Å². The third-order valence-corrected chi connectivity index (χ3v) is 5.15. The highest BCUT2D eigenvalue weighted by Gasteiger charge is 2.25. The molecule has 0 bridgehead atoms. The molecule has 3 rings (SSSR count). The van der Waals surface area contributed by atoms with E-state index in [0.717, 1.165) is 6.54 Å². The van der Waals surface area contributed by atoms with Crippen molar-refractivity contribution in [1.82, 2.24) is 4.90 Å². The molecule has 1 fully saturated rings. The number of benzene rings is 1. The van der Waals surface area contributed by atoms with E-state index in [4.69, 9.17) is 5.73 Å². The zero-order valence-corrected chi connectivity index (χ0v) is 13.5. The van der Waals surface area contributed by atoms with E-state index in [1.807, 2.05) is 0 Å². The van der Waals surface area contributed by atoms with Gasteiger partial charge in [0.25, 0.3) is 0 Å². The number of aryl methyl sites for hydroxylation is 1. The lowest BCUT2D eigenvalue weighted by Gasteiger charge is -2.38. The first-order chi connectivity index (χ1) is 10.1. The summed E-state index contributed by atoms with van der Waals surface area (Å²) in [4.78, 5) is 4.98. The number of hydrogen-bond acceptors (Lipinski definition) is 3. The van der Waals surface area contributed by atoms with Crippen LogP contribution in [0, 0.1) is 0 Å². The van der Waals surface area contributed by atoms with E-state index in [1.54, 1.807) is 0 Å². The second kappa shape index (κ2) is 6.37. The molecule has 1 aromatic carbocycles. The summed E-state index contributed by atoms with van der Waals surface area (Å²) in [7, 11) is 2.20. The van der Waals surface area contributed by atoms with Gasteiger partial charge in [0.1, 0.15) is 0 Å². The average Bonchev–Trinajstić information content (AvgIpc) is 2.48. The Morgan fingerprint density at radius 3 is 2.90 bits per heavy atom. The fraction of sp³-hybridized carbons (Fsp3) is 0.667. The number of piperidine rings is 1. The Kier molecular flexibility index (Phi) is 4.51. The molecule has 1 aromatic rings. The number of anilines is 1. The smallest absolute Gasteiger partial charge is 0.0396 e. The van der Waals surface area contributed by atoms with E-state index in [2.05, 4.69) is 42.0 Å². The Morgan fingerprint density at radius 2 is 2.10 bits per heavy atom. The van der Waals surface area contributed by atoms with Crippen LogP contribution >= 0.6 is 0 Å². The molecule has 116 valence electrons. The largest absolute Gasteiger partial charge is 0.374 e. The van der Waals surface area contributed by atoms with Gasteiger partial charge in [0.15, 0.2) is 0 Å². The number of hydrogen-bond donors (Lipinski definition) is 1. The van der Waals surface area contributed by atoms with Gasteiger partial charge in [0, 0.05) is 37.9 Å². The number of likely N-dealkylation sites (tertiary alicyclic amines) is 1. The predicted molar refractivity (Wildman–Crippen MR) is 89.7 cm³/mol. The Morgan fingerprint density at radius 1 is 1.24 bits per heavy atom. The van der Waals surface area contributed by atoms with Crippen LogP contribution < -0.4 is 10.6 Å². The lowest BCUT2D eigenvalue weighted by atomic mass is 9.95. The Bertz CT molecular complexity index is 483. The molecule has 2 aliphatic rings. The SMILES string of the molecule is CC(N)C1CCCCN1Cc1ccc2c(c1)CCCN2C. The summed E-state index contributed by atoms with van der Waals surface area (Å²) in [5, 5.41) is 0. The maximum Gasteiger partial charge on any atom is 0.0396 e. The molecule has 2 aliphatic heterocycles. The monoisotopic (exact) mass is 287 g/mol.